The highest BCUT2D eigenvalue weighted by Gasteiger charge is 2.44. The van der Waals surface area contributed by atoms with Crippen LogP contribution in [0, 0.1) is 5.92 Å². The molecule has 0 spiro atoms. The topological polar surface area (TPSA) is 46.5 Å². The van der Waals surface area contributed by atoms with Gasteiger partial charge in [0.1, 0.15) is 0 Å². The van der Waals surface area contributed by atoms with Crippen LogP contribution in [-0.2, 0) is 9.53 Å². The van der Waals surface area contributed by atoms with Crippen molar-refractivity contribution in [3.63, 3.8) is 0 Å². The molecule has 4 heteroatoms. The molecule has 0 aromatic heterocycles. The Kier molecular flexibility index (Phi) is 4.46. The third kappa shape index (κ3) is 3.38. The average Bonchev–Trinajstić information content (AvgIpc) is 2.52. The van der Waals surface area contributed by atoms with E-state index in [1.807, 2.05) is 6.92 Å². The van der Waals surface area contributed by atoms with Crippen LogP contribution in [0.25, 0.3) is 0 Å². The average molecular weight is 232 g/mol. The van der Waals surface area contributed by atoms with Gasteiger partial charge in [-0.2, -0.15) is 11.8 Å². The van der Waals surface area contributed by atoms with Crippen LogP contribution in [0.5, 0.6) is 0 Å². The summed E-state index contributed by atoms with van der Waals surface area (Å²) in [6, 6.07) is 0. The van der Waals surface area contributed by atoms with Crippen LogP contribution in [0.4, 0.5) is 0 Å². The Morgan fingerprint density at radius 2 is 2.20 bits per heavy atom. The van der Waals surface area contributed by atoms with Crippen molar-refractivity contribution in [3.8, 4) is 0 Å². The molecule has 2 unspecified atom stereocenters. The SMILES string of the molecule is CC(C)CC(C)OC1(C(=O)O)CCSC1. The molecule has 0 amide bonds. The number of ether oxygens (including phenoxy) is 1. The van der Waals surface area contributed by atoms with Crippen LogP contribution in [0.15, 0.2) is 0 Å². The van der Waals surface area contributed by atoms with Crippen LogP contribution in [0.1, 0.15) is 33.6 Å². The fourth-order valence-corrected chi connectivity index (χ4v) is 3.24. The fraction of sp³-hybridized carbons (Fsp3) is 0.909. The van der Waals surface area contributed by atoms with Crippen molar-refractivity contribution in [2.45, 2.75) is 45.3 Å². The normalized spacial score (nSPS) is 28.3. The molecule has 0 bridgehead atoms. The third-order valence-electron chi connectivity index (χ3n) is 2.61. The number of hydrogen-bond donors (Lipinski definition) is 1. The Labute approximate surface area is 95.6 Å². The van der Waals surface area contributed by atoms with Gasteiger partial charge in [-0.05, 0) is 31.4 Å². The van der Waals surface area contributed by atoms with Gasteiger partial charge in [-0.1, -0.05) is 13.8 Å². The van der Waals surface area contributed by atoms with Gasteiger partial charge < -0.3 is 9.84 Å². The molecule has 2 atom stereocenters. The van der Waals surface area contributed by atoms with Gasteiger partial charge in [-0.15, -0.1) is 0 Å². The zero-order chi connectivity index (χ0) is 11.5. The van der Waals surface area contributed by atoms with Crippen molar-refractivity contribution in [1.29, 1.82) is 0 Å². The van der Waals surface area contributed by atoms with E-state index in [-0.39, 0.29) is 6.10 Å². The van der Waals surface area contributed by atoms with Crippen molar-refractivity contribution in [2.24, 2.45) is 5.92 Å². The zero-order valence-corrected chi connectivity index (χ0v) is 10.5. The number of rotatable bonds is 5. The van der Waals surface area contributed by atoms with E-state index in [1.165, 1.54) is 0 Å². The molecule has 0 aliphatic carbocycles. The van der Waals surface area contributed by atoms with Crippen molar-refractivity contribution < 1.29 is 14.6 Å². The largest absolute Gasteiger partial charge is 0.479 e. The second-order valence-corrected chi connectivity index (χ2v) is 5.77. The lowest BCUT2D eigenvalue weighted by Crippen LogP contribution is -2.44. The van der Waals surface area contributed by atoms with E-state index >= 15 is 0 Å². The molecule has 0 saturated carbocycles. The summed E-state index contributed by atoms with van der Waals surface area (Å²) < 4.78 is 5.75. The highest BCUT2D eigenvalue weighted by atomic mass is 32.2. The first-order valence-electron chi connectivity index (χ1n) is 5.45. The summed E-state index contributed by atoms with van der Waals surface area (Å²) >= 11 is 1.66. The van der Waals surface area contributed by atoms with Crippen LogP contribution >= 0.6 is 11.8 Å². The van der Waals surface area contributed by atoms with E-state index in [0.717, 1.165) is 12.2 Å². The van der Waals surface area contributed by atoms with Crippen LogP contribution in [0.2, 0.25) is 0 Å². The predicted molar refractivity (Wildman–Crippen MR) is 62.3 cm³/mol. The summed E-state index contributed by atoms with van der Waals surface area (Å²) in [5.74, 6) is 1.22. The van der Waals surface area contributed by atoms with Crippen molar-refractivity contribution in [1.82, 2.24) is 0 Å². The molecule has 3 nitrogen and oxygen atoms in total. The molecule has 1 aliphatic heterocycles. The summed E-state index contributed by atoms with van der Waals surface area (Å²) in [5.41, 5.74) is -0.918. The highest BCUT2D eigenvalue weighted by Crippen LogP contribution is 2.33. The van der Waals surface area contributed by atoms with E-state index in [2.05, 4.69) is 13.8 Å². The smallest absolute Gasteiger partial charge is 0.336 e. The van der Waals surface area contributed by atoms with E-state index in [9.17, 15) is 9.90 Å². The molecule has 0 radical (unpaired) electrons. The molecule has 0 aromatic rings. The molecule has 1 aliphatic rings. The molecule has 1 N–H and O–H groups in total. The van der Waals surface area contributed by atoms with Crippen molar-refractivity contribution >= 4 is 17.7 Å². The van der Waals surface area contributed by atoms with Crippen LogP contribution in [0.3, 0.4) is 0 Å². The number of thioether (sulfide) groups is 1. The molecule has 1 heterocycles. The minimum atomic E-state index is -0.918. The summed E-state index contributed by atoms with van der Waals surface area (Å²) in [6.45, 7) is 6.21. The van der Waals surface area contributed by atoms with Gasteiger partial charge in [0.25, 0.3) is 0 Å². The Morgan fingerprint density at radius 1 is 1.53 bits per heavy atom. The summed E-state index contributed by atoms with van der Waals surface area (Å²) in [7, 11) is 0. The maximum absolute atomic E-state index is 11.2. The monoisotopic (exact) mass is 232 g/mol. The fourth-order valence-electron chi connectivity index (χ4n) is 1.96. The summed E-state index contributed by atoms with van der Waals surface area (Å²) in [4.78, 5) is 11.2. The first kappa shape index (κ1) is 12.8. The number of carbonyl (C=O) groups is 1. The van der Waals surface area contributed by atoms with Gasteiger partial charge in [-0.3, -0.25) is 0 Å². The van der Waals surface area contributed by atoms with E-state index in [4.69, 9.17) is 4.74 Å². The second-order valence-electron chi connectivity index (χ2n) is 4.66. The van der Waals surface area contributed by atoms with Gasteiger partial charge >= 0.3 is 5.97 Å². The third-order valence-corrected chi connectivity index (χ3v) is 3.77. The van der Waals surface area contributed by atoms with Gasteiger partial charge in [0.05, 0.1) is 6.10 Å². The van der Waals surface area contributed by atoms with Gasteiger partial charge in [0, 0.05) is 5.75 Å². The number of hydrogen-bond acceptors (Lipinski definition) is 3. The molecule has 1 rings (SSSR count). The van der Waals surface area contributed by atoms with E-state index in [0.29, 0.717) is 18.1 Å². The van der Waals surface area contributed by atoms with Crippen LogP contribution < -0.4 is 0 Å². The number of carboxylic acid groups (broad SMARTS) is 1. The lowest BCUT2D eigenvalue weighted by molar-refractivity contribution is -0.169. The van der Waals surface area contributed by atoms with Gasteiger partial charge in [0.15, 0.2) is 5.60 Å². The zero-order valence-electron chi connectivity index (χ0n) is 9.66. The summed E-state index contributed by atoms with van der Waals surface area (Å²) in [5, 5.41) is 9.21. The highest BCUT2D eigenvalue weighted by molar-refractivity contribution is 7.99. The van der Waals surface area contributed by atoms with Crippen molar-refractivity contribution in [2.75, 3.05) is 11.5 Å². The Morgan fingerprint density at radius 3 is 2.60 bits per heavy atom. The van der Waals surface area contributed by atoms with E-state index in [1.54, 1.807) is 11.8 Å². The van der Waals surface area contributed by atoms with E-state index < -0.39 is 11.6 Å². The predicted octanol–water partition coefficient (Wildman–Crippen LogP) is 2.40. The Bertz CT molecular complexity index is 222. The molecule has 15 heavy (non-hydrogen) atoms. The molecular weight excluding hydrogens is 212 g/mol. The second kappa shape index (κ2) is 5.21. The lowest BCUT2D eigenvalue weighted by Gasteiger charge is -2.28. The minimum absolute atomic E-state index is 0.0276. The molecular formula is C11H20O3S. The molecule has 0 aromatic carbocycles. The Balaban J connectivity index is 2.55. The maximum Gasteiger partial charge on any atom is 0.336 e. The lowest BCUT2D eigenvalue weighted by atomic mass is 10.0. The first-order valence-corrected chi connectivity index (χ1v) is 6.61. The van der Waals surface area contributed by atoms with Gasteiger partial charge in [-0.25, -0.2) is 4.79 Å². The molecule has 1 saturated heterocycles. The van der Waals surface area contributed by atoms with Crippen molar-refractivity contribution in [3.05, 3.63) is 0 Å². The quantitative estimate of drug-likeness (QED) is 0.790. The number of aliphatic carboxylic acids is 1. The Hall–Kier alpha value is -0.220. The molecule has 1 fully saturated rings. The minimum Gasteiger partial charge on any atom is -0.479 e. The van der Waals surface area contributed by atoms with Crippen LogP contribution in [-0.4, -0.2) is 34.3 Å². The summed E-state index contributed by atoms with van der Waals surface area (Å²) in [6.07, 6.45) is 1.58. The molecule has 88 valence electrons. The standard InChI is InChI=1S/C11H20O3S/c1-8(2)6-9(3)14-11(10(12)13)4-5-15-7-11/h8-9H,4-7H2,1-3H3,(H,12,13). The first-order chi connectivity index (χ1) is 6.96. The maximum atomic E-state index is 11.2. The number of carboxylic acids is 1. The van der Waals surface area contributed by atoms with Gasteiger partial charge in [0.2, 0.25) is 0 Å².